The fourth-order valence-electron chi connectivity index (χ4n) is 8.28. The number of nitrogens with zero attached hydrogens (tertiary/aromatic N) is 4. The maximum Gasteiger partial charge on any atom is 0.329 e. The highest BCUT2D eigenvalue weighted by Crippen LogP contribution is 2.41. The third kappa shape index (κ3) is 5.23. The van der Waals surface area contributed by atoms with Gasteiger partial charge in [-0.3, -0.25) is 4.98 Å². The van der Waals surface area contributed by atoms with Gasteiger partial charge in [-0.1, -0.05) is 75.8 Å². The van der Waals surface area contributed by atoms with Crippen molar-refractivity contribution < 1.29 is 4.74 Å². The van der Waals surface area contributed by atoms with Gasteiger partial charge in [-0.05, 0) is 107 Å². The van der Waals surface area contributed by atoms with Crippen LogP contribution in [0.3, 0.4) is 0 Å². The summed E-state index contributed by atoms with van der Waals surface area (Å²) in [6, 6.07) is 36.9. The fraction of sp³-hybridized carbons (Fsp3) is 0.186. The number of fused-ring (bicyclic) bond motifs is 4. The summed E-state index contributed by atoms with van der Waals surface area (Å²) in [4.78, 5) is 9.57. The molecule has 0 saturated carbocycles. The smallest absolute Gasteiger partial charge is 0.329 e. The monoisotopic (exact) mass is 640 g/mol. The summed E-state index contributed by atoms with van der Waals surface area (Å²) in [5, 5.41) is 1.08. The van der Waals surface area contributed by atoms with E-state index in [-0.39, 0.29) is 6.85 Å². The molecule has 0 radical (unpaired) electrons. The molecule has 0 unspecified atom stereocenters. The lowest BCUT2D eigenvalue weighted by atomic mass is 9.46. The lowest BCUT2D eigenvalue weighted by Gasteiger charge is -2.26. The topological polar surface area (TPSA) is 33.5 Å². The van der Waals surface area contributed by atoms with Crippen molar-refractivity contribution in [1.82, 2.24) is 9.46 Å². The number of ether oxygens (including phenoxy) is 1. The number of pyridine rings is 1. The summed E-state index contributed by atoms with van der Waals surface area (Å²) in [7, 11) is 2.13. The van der Waals surface area contributed by atoms with E-state index in [1.807, 2.05) is 12.3 Å². The number of para-hydroxylation sites is 2. The molecule has 0 spiro atoms. The molecule has 49 heavy (non-hydrogen) atoms. The Bertz CT molecular complexity index is 2310. The zero-order valence-electron chi connectivity index (χ0n) is 29.4. The van der Waals surface area contributed by atoms with Crippen LogP contribution >= 0.6 is 0 Å². The molecule has 5 nitrogen and oxygen atoms in total. The van der Waals surface area contributed by atoms with Crippen LogP contribution in [0.25, 0.3) is 21.9 Å². The Hall–Kier alpha value is -5.49. The molecule has 0 N–H and O–H groups in total. The van der Waals surface area contributed by atoms with Crippen LogP contribution in [-0.2, 0) is 0 Å². The molecule has 0 atom stereocenters. The molecule has 0 bridgehead atoms. The van der Waals surface area contributed by atoms with E-state index in [2.05, 4.69) is 160 Å². The van der Waals surface area contributed by atoms with E-state index in [1.165, 1.54) is 55.7 Å². The summed E-state index contributed by atoms with van der Waals surface area (Å²) in [6.45, 7) is 14.2. The lowest BCUT2D eigenvalue weighted by Crippen LogP contribution is -2.53. The first-order valence-electron chi connectivity index (χ1n) is 17.1. The first-order chi connectivity index (χ1) is 23.7. The van der Waals surface area contributed by atoms with E-state index < -0.39 is 0 Å². The summed E-state index contributed by atoms with van der Waals surface area (Å²) < 4.78 is 9.13. The highest BCUT2D eigenvalue weighted by atomic mass is 16.5. The van der Waals surface area contributed by atoms with Crippen molar-refractivity contribution in [3.05, 3.63) is 143 Å². The highest BCUT2D eigenvalue weighted by Gasteiger charge is 2.32. The van der Waals surface area contributed by atoms with Gasteiger partial charge in [-0.2, -0.15) is 0 Å². The Balaban J connectivity index is 1.27. The Labute approximate surface area is 289 Å². The molecule has 6 heteroatoms. The highest BCUT2D eigenvalue weighted by molar-refractivity contribution is 6.86. The Morgan fingerprint density at radius 2 is 1.24 bits per heavy atom. The van der Waals surface area contributed by atoms with Crippen LogP contribution in [0.2, 0.25) is 0 Å². The number of aryl methyl sites for hydroxylation is 6. The largest absolute Gasteiger partial charge is 0.457 e. The number of hydrogen-bond donors (Lipinski definition) is 0. The Kier molecular flexibility index (Phi) is 7.48. The number of rotatable bonds is 6. The molecule has 8 rings (SSSR count). The Morgan fingerprint density at radius 1 is 0.612 bits per heavy atom. The minimum Gasteiger partial charge on any atom is -0.457 e. The van der Waals surface area contributed by atoms with Crippen LogP contribution in [0.5, 0.6) is 11.5 Å². The molecule has 2 aromatic heterocycles. The average molecular weight is 641 g/mol. The van der Waals surface area contributed by atoms with Crippen LogP contribution in [-0.4, -0.2) is 30.0 Å². The predicted molar refractivity (Wildman–Crippen MR) is 207 cm³/mol. The van der Waals surface area contributed by atoms with Crippen molar-refractivity contribution in [2.24, 2.45) is 0 Å². The molecule has 0 amide bonds. The minimum atomic E-state index is -0.0321. The van der Waals surface area contributed by atoms with Crippen molar-refractivity contribution in [2.75, 3.05) is 23.5 Å². The number of benzene rings is 5. The van der Waals surface area contributed by atoms with Crippen molar-refractivity contribution in [3.63, 3.8) is 0 Å². The summed E-state index contributed by atoms with van der Waals surface area (Å²) in [6.07, 6.45) is 1.90. The van der Waals surface area contributed by atoms with Gasteiger partial charge in [0.15, 0.2) is 0 Å². The second-order valence-electron chi connectivity index (χ2n) is 13.8. The van der Waals surface area contributed by atoms with Crippen LogP contribution in [0.15, 0.2) is 109 Å². The number of aromatic nitrogens is 2. The second kappa shape index (κ2) is 11.9. The molecule has 0 fully saturated rings. The van der Waals surface area contributed by atoms with Crippen molar-refractivity contribution in [3.8, 4) is 11.5 Å². The molecule has 0 saturated heterocycles. The molecule has 242 valence electrons. The fourth-order valence-corrected chi connectivity index (χ4v) is 8.28. The van der Waals surface area contributed by atoms with Crippen LogP contribution in [0.4, 0.5) is 17.1 Å². The van der Waals surface area contributed by atoms with Crippen molar-refractivity contribution >= 4 is 56.8 Å². The van der Waals surface area contributed by atoms with Crippen LogP contribution in [0.1, 0.15) is 33.4 Å². The molecular weight excluding hydrogens is 599 g/mol. The first-order valence-corrected chi connectivity index (χ1v) is 17.1. The summed E-state index contributed by atoms with van der Waals surface area (Å²) in [5.74, 6) is 1.59. The van der Waals surface area contributed by atoms with Gasteiger partial charge in [0, 0.05) is 35.9 Å². The Morgan fingerprint density at radius 3 is 1.92 bits per heavy atom. The molecule has 7 aromatic rings. The second-order valence-corrected chi connectivity index (χ2v) is 13.8. The van der Waals surface area contributed by atoms with Gasteiger partial charge in [0.05, 0.1) is 29.1 Å². The maximum absolute atomic E-state index is 6.61. The standard InChI is InChI=1S/C43H41BN4O/c1-27-20-29(3)41(30(4)21-27)44(42-31(5)22-28(2)23-32(42)6)48-37-18-17-35(25-36(37)43-40(48)16-11-19-45-43)49-34-13-10-12-33(24-34)47-26-46(7)38-14-8-9-15-39(38)47/h8-25H,26H2,1-7H3. The first kappa shape index (κ1) is 30.8. The minimum absolute atomic E-state index is 0.0321. The van der Waals surface area contributed by atoms with E-state index in [4.69, 9.17) is 9.72 Å². The van der Waals surface area contributed by atoms with Gasteiger partial charge in [-0.25, -0.2) is 0 Å². The molecule has 0 aliphatic carbocycles. The normalized spacial score (nSPS) is 12.6. The summed E-state index contributed by atoms with van der Waals surface area (Å²) in [5.41, 5.74) is 17.2. The zero-order chi connectivity index (χ0) is 34.0. The molecular formula is C43H41BN4O. The van der Waals surface area contributed by atoms with E-state index >= 15 is 0 Å². The molecule has 1 aliphatic rings. The number of hydrogen-bond acceptors (Lipinski definition) is 4. The SMILES string of the molecule is Cc1cc(C)c(B(c2c(C)cc(C)cc2C)n2c3ccc(Oc4cccc(N5CN(C)c6ccccc65)c4)cc3c3ncccc32)c(C)c1. The summed E-state index contributed by atoms with van der Waals surface area (Å²) >= 11 is 0. The molecule has 1 aliphatic heterocycles. The van der Waals surface area contributed by atoms with E-state index in [0.717, 1.165) is 45.8 Å². The maximum atomic E-state index is 6.61. The van der Waals surface area contributed by atoms with Gasteiger partial charge in [-0.15, -0.1) is 0 Å². The van der Waals surface area contributed by atoms with Crippen LogP contribution in [0, 0.1) is 41.5 Å². The quantitative estimate of drug-likeness (QED) is 0.170. The lowest BCUT2D eigenvalue weighted by molar-refractivity contribution is 0.483. The van der Waals surface area contributed by atoms with Crippen molar-refractivity contribution in [1.29, 1.82) is 0 Å². The van der Waals surface area contributed by atoms with Crippen LogP contribution < -0.4 is 25.5 Å². The third-order valence-corrected chi connectivity index (χ3v) is 10.1. The third-order valence-electron chi connectivity index (χ3n) is 10.1. The predicted octanol–water partition coefficient (Wildman–Crippen LogP) is 9.03. The molecule has 5 aromatic carbocycles. The van der Waals surface area contributed by atoms with Gasteiger partial charge >= 0.3 is 6.85 Å². The van der Waals surface area contributed by atoms with Gasteiger partial charge < -0.3 is 19.0 Å². The number of anilines is 3. The van der Waals surface area contributed by atoms with Gasteiger partial charge in [0.25, 0.3) is 0 Å². The molecule has 3 heterocycles. The van der Waals surface area contributed by atoms with Gasteiger partial charge in [0.2, 0.25) is 0 Å². The van der Waals surface area contributed by atoms with Gasteiger partial charge in [0.1, 0.15) is 11.5 Å². The van der Waals surface area contributed by atoms with E-state index in [9.17, 15) is 0 Å². The zero-order valence-corrected chi connectivity index (χ0v) is 29.4. The van der Waals surface area contributed by atoms with Crippen molar-refractivity contribution in [2.45, 2.75) is 41.5 Å². The van der Waals surface area contributed by atoms with E-state index in [1.54, 1.807) is 0 Å². The van der Waals surface area contributed by atoms with E-state index in [0.29, 0.717) is 0 Å². The average Bonchev–Trinajstić information content (AvgIpc) is 3.58.